The van der Waals surface area contributed by atoms with Gasteiger partial charge in [-0.1, -0.05) is 30.3 Å². The van der Waals surface area contributed by atoms with E-state index in [2.05, 4.69) is 0 Å². The minimum atomic E-state index is -1.00. The predicted molar refractivity (Wildman–Crippen MR) is 97.0 cm³/mol. The van der Waals surface area contributed by atoms with Crippen LogP contribution in [0.5, 0.6) is 0 Å². The first kappa shape index (κ1) is 18.3. The fourth-order valence-electron chi connectivity index (χ4n) is 3.75. The Morgan fingerprint density at radius 1 is 1.04 bits per heavy atom. The van der Waals surface area contributed by atoms with E-state index in [9.17, 15) is 18.8 Å². The van der Waals surface area contributed by atoms with Crippen LogP contribution >= 0.6 is 0 Å². The van der Waals surface area contributed by atoms with Crippen LogP contribution in [0.2, 0.25) is 0 Å². The van der Waals surface area contributed by atoms with Crippen molar-refractivity contribution in [1.82, 2.24) is 5.06 Å². The molecular weight excluding hydrogens is 365 g/mol. The number of fused-ring (bicyclic) bond motifs is 1. The van der Waals surface area contributed by atoms with Gasteiger partial charge in [-0.05, 0) is 29.8 Å². The zero-order chi connectivity index (χ0) is 19.8. The zero-order valence-corrected chi connectivity index (χ0v) is 14.8. The number of benzene rings is 2. The summed E-state index contributed by atoms with van der Waals surface area (Å²) in [6.07, 6.45) is -1.00. The zero-order valence-electron chi connectivity index (χ0n) is 14.8. The molecule has 7 nitrogen and oxygen atoms in total. The molecule has 28 heavy (non-hydrogen) atoms. The van der Waals surface area contributed by atoms with Crippen molar-refractivity contribution in [2.75, 3.05) is 11.4 Å². The predicted octanol–water partition coefficient (Wildman–Crippen LogP) is 1.55. The van der Waals surface area contributed by atoms with Crippen molar-refractivity contribution < 1.29 is 23.6 Å². The van der Waals surface area contributed by atoms with Gasteiger partial charge in [-0.2, -0.15) is 5.06 Å². The molecule has 2 saturated heterocycles. The average Bonchev–Trinajstić information content (AvgIpc) is 3.17. The van der Waals surface area contributed by atoms with Crippen LogP contribution in [0.4, 0.5) is 10.1 Å². The van der Waals surface area contributed by atoms with Gasteiger partial charge >= 0.3 is 0 Å². The molecule has 2 N–H and O–H groups in total. The highest BCUT2D eigenvalue weighted by Gasteiger charge is 2.59. The van der Waals surface area contributed by atoms with E-state index in [-0.39, 0.29) is 13.0 Å². The second-order valence-electron chi connectivity index (χ2n) is 6.75. The van der Waals surface area contributed by atoms with Gasteiger partial charge in [-0.3, -0.25) is 19.2 Å². The first-order valence-corrected chi connectivity index (χ1v) is 8.87. The Hall–Kier alpha value is -3.10. The monoisotopic (exact) mass is 383 g/mol. The number of hydrogen-bond acceptors (Lipinski definition) is 5. The number of primary amides is 1. The molecule has 0 spiro atoms. The quantitative estimate of drug-likeness (QED) is 0.791. The standard InChI is InChI=1S/C20H18FN3O4/c21-13-8-6-12(7-9-13)17-16-18(28-23(17)11-10-15(22)25)20(27)24(19(16)26)14-4-2-1-3-5-14/h1-9,16-18H,10-11H2,(H2,22,25). The van der Waals surface area contributed by atoms with Crippen LogP contribution in [0.3, 0.4) is 0 Å². The molecule has 3 unspecified atom stereocenters. The Labute approximate surface area is 160 Å². The SMILES string of the molecule is NC(=O)CCN1OC2C(=O)N(c3ccccc3)C(=O)C2C1c1ccc(F)cc1. The van der Waals surface area contributed by atoms with E-state index in [1.54, 1.807) is 42.5 Å². The molecule has 0 aromatic heterocycles. The Balaban J connectivity index is 1.70. The van der Waals surface area contributed by atoms with E-state index in [1.807, 2.05) is 0 Å². The van der Waals surface area contributed by atoms with Crippen molar-refractivity contribution in [3.63, 3.8) is 0 Å². The van der Waals surface area contributed by atoms with E-state index >= 15 is 0 Å². The van der Waals surface area contributed by atoms with Gasteiger partial charge in [0, 0.05) is 13.0 Å². The Kier molecular flexibility index (Phi) is 4.66. The lowest BCUT2D eigenvalue weighted by Crippen LogP contribution is -2.38. The number of anilines is 1. The maximum absolute atomic E-state index is 13.4. The van der Waals surface area contributed by atoms with Gasteiger partial charge in [0.25, 0.3) is 5.91 Å². The first-order chi connectivity index (χ1) is 13.5. The highest BCUT2D eigenvalue weighted by Crippen LogP contribution is 2.45. The van der Waals surface area contributed by atoms with Gasteiger partial charge < -0.3 is 5.73 Å². The van der Waals surface area contributed by atoms with Crippen molar-refractivity contribution in [2.45, 2.75) is 18.6 Å². The molecule has 3 amide bonds. The molecule has 2 fully saturated rings. The van der Waals surface area contributed by atoms with Gasteiger partial charge in [-0.15, -0.1) is 0 Å². The molecule has 144 valence electrons. The van der Waals surface area contributed by atoms with Crippen LogP contribution in [-0.2, 0) is 19.2 Å². The number of amides is 3. The summed E-state index contributed by atoms with van der Waals surface area (Å²) in [5.74, 6) is -2.59. The molecule has 0 bridgehead atoms. The van der Waals surface area contributed by atoms with Crippen LogP contribution in [0.15, 0.2) is 54.6 Å². The number of nitrogens with zero attached hydrogens (tertiary/aromatic N) is 2. The summed E-state index contributed by atoms with van der Waals surface area (Å²) in [4.78, 5) is 44.2. The number of carbonyl (C=O) groups excluding carboxylic acids is 3. The molecular formula is C20H18FN3O4. The fraction of sp³-hybridized carbons (Fsp3) is 0.250. The van der Waals surface area contributed by atoms with Crippen molar-refractivity contribution in [1.29, 1.82) is 0 Å². The lowest BCUT2D eigenvalue weighted by molar-refractivity contribution is -0.173. The molecule has 2 aromatic carbocycles. The third kappa shape index (κ3) is 3.06. The highest BCUT2D eigenvalue weighted by molar-refractivity contribution is 6.23. The van der Waals surface area contributed by atoms with E-state index in [1.165, 1.54) is 17.2 Å². The smallest absolute Gasteiger partial charge is 0.265 e. The number of hydroxylamine groups is 2. The maximum Gasteiger partial charge on any atom is 0.265 e. The maximum atomic E-state index is 13.4. The number of para-hydroxylation sites is 1. The molecule has 0 saturated carbocycles. The minimum absolute atomic E-state index is 0.00190. The van der Waals surface area contributed by atoms with Gasteiger partial charge in [0.2, 0.25) is 11.8 Å². The lowest BCUT2D eigenvalue weighted by Gasteiger charge is -2.26. The third-order valence-corrected chi connectivity index (χ3v) is 5.00. The molecule has 8 heteroatoms. The van der Waals surface area contributed by atoms with Crippen LogP contribution < -0.4 is 10.6 Å². The van der Waals surface area contributed by atoms with Crippen LogP contribution in [-0.4, -0.2) is 35.4 Å². The van der Waals surface area contributed by atoms with Gasteiger partial charge in [0.15, 0.2) is 6.10 Å². The number of imide groups is 1. The number of rotatable bonds is 5. The first-order valence-electron chi connectivity index (χ1n) is 8.87. The molecule has 2 aromatic rings. The van der Waals surface area contributed by atoms with Crippen LogP contribution in [0, 0.1) is 11.7 Å². The number of hydrogen-bond donors (Lipinski definition) is 1. The molecule has 0 radical (unpaired) electrons. The third-order valence-electron chi connectivity index (χ3n) is 5.00. The van der Waals surface area contributed by atoms with Crippen molar-refractivity contribution in [3.05, 3.63) is 66.0 Å². The summed E-state index contributed by atoms with van der Waals surface area (Å²) in [6.45, 7) is 0.121. The normalized spacial score (nSPS) is 24.6. The fourth-order valence-corrected chi connectivity index (χ4v) is 3.75. The van der Waals surface area contributed by atoms with E-state index < -0.39 is 41.6 Å². The van der Waals surface area contributed by atoms with Gasteiger partial charge in [0.1, 0.15) is 5.82 Å². The molecule has 3 atom stereocenters. The van der Waals surface area contributed by atoms with E-state index in [0.717, 1.165) is 4.90 Å². The molecule has 2 aliphatic rings. The van der Waals surface area contributed by atoms with E-state index in [4.69, 9.17) is 10.6 Å². The second kappa shape index (κ2) is 7.14. The Morgan fingerprint density at radius 3 is 2.36 bits per heavy atom. The van der Waals surface area contributed by atoms with E-state index in [0.29, 0.717) is 11.3 Å². The van der Waals surface area contributed by atoms with Gasteiger partial charge in [-0.25, -0.2) is 9.29 Å². The van der Waals surface area contributed by atoms with Crippen molar-refractivity contribution in [3.8, 4) is 0 Å². The summed E-state index contributed by atoms with van der Waals surface area (Å²) in [6, 6.07) is 13.6. The minimum Gasteiger partial charge on any atom is -0.370 e. The molecule has 2 heterocycles. The lowest BCUT2D eigenvalue weighted by atomic mass is 9.90. The molecule has 0 aliphatic carbocycles. The summed E-state index contributed by atoms with van der Waals surface area (Å²) in [5, 5.41) is 1.44. The molecule has 4 rings (SSSR count). The van der Waals surface area contributed by atoms with Crippen molar-refractivity contribution >= 4 is 23.4 Å². The van der Waals surface area contributed by atoms with Crippen LogP contribution in [0.25, 0.3) is 0 Å². The highest BCUT2D eigenvalue weighted by atomic mass is 19.1. The number of halogens is 1. The number of carbonyl (C=O) groups is 3. The van der Waals surface area contributed by atoms with Gasteiger partial charge in [0.05, 0.1) is 17.6 Å². The topological polar surface area (TPSA) is 92.9 Å². The summed E-state index contributed by atoms with van der Waals surface area (Å²) in [7, 11) is 0. The Bertz CT molecular complexity index is 919. The van der Waals surface area contributed by atoms with Crippen molar-refractivity contribution in [2.24, 2.45) is 11.7 Å². The average molecular weight is 383 g/mol. The van der Waals surface area contributed by atoms with Crippen LogP contribution in [0.1, 0.15) is 18.0 Å². The Morgan fingerprint density at radius 2 is 1.71 bits per heavy atom. The number of nitrogens with two attached hydrogens (primary N) is 1. The largest absolute Gasteiger partial charge is 0.370 e. The second-order valence-corrected chi connectivity index (χ2v) is 6.75. The molecule has 2 aliphatic heterocycles. The summed E-state index contributed by atoms with van der Waals surface area (Å²) in [5.41, 5.74) is 6.32. The summed E-state index contributed by atoms with van der Waals surface area (Å²) < 4.78 is 13.4. The summed E-state index contributed by atoms with van der Waals surface area (Å²) >= 11 is 0.